The van der Waals surface area contributed by atoms with Crippen LogP contribution in [0.2, 0.25) is 5.02 Å². The average molecular weight is 479 g/mol. The molecule has 1 aliphatic heterocycles. The van der Waals surface area contributed by atoms with Crippen LogP contribution < -0.4 is 5.32 Å². The fraction of sp³-hybridized carbons (Fsp3) is 0.348. The normalized spacial score (nSPS) is 15.5. The van der Waals surface area contributed by atoms with Crippen molar-refractivity contribution in [1.29, 1.82) is 0 Å². The van der Waals surface area contributed by atoms with E-state index < -0.39 is 16.8 Å². The maximum atomic E-state index is 13.0. The van der Waals surface area contributed by atoms with E-state index in [1.165, 1.54) is 6.07 Å². The number of likely N-dealkylation sites (tertiary alicyclic amines) is 1. The molecule has 1 aliphatic rings. The minimum absolute atomic E-state index is 0.0775. The van der Waals surface area contributed by atoms with Crippen molar-refractivity contribution in [3.05, 3.63) is 64.5 Å². The second-order valence-electron chi connectivity index (χ2n) is 8.06. The number of nitrogens with zero attached hydrogens (tertiary/aromatic N) is 3. The van der Waals surface area contributed by atoms with Crippen molar-refractivity contribution in [2.45, 2.75) is 32.5 Å². The van der Waals surface area contributed by atoms with Gasteiger partial charge in [-0.25, -0.2) is 0 Å². The number of nitrogens with one attached hydrogen (secondary N) is 1. The van der Waals surface area contributed by atoms with E-state index >= 15 is 0 Å². The number of amides is 1. The van der Waals surface area contributed by atoms with E-state index in [0.717, 1.165) is 23.3 Å². The molecule has 10 heteroatoms. The minimum atomic E-state index is -4.59. The SMILES string of the molecule is Cc1ccccc1-c1noc(CN2CCC(C(=O)Nc3ccc(Cl)c(C(F)(F)F)c3)CC2)n1. The minimum Gasteiger partial charge on any atom is -0.338 e. The van der Waals surface area contributed by atoms with E-state index in [0.29, 0.717) is 44.2 Å². The molecule has 0 radical (unpaired) electrons. The smallest absolute Gasteiger partial charge is 0.338 e. The summed E-state index contributed by atoms with van der Waals surface area (Å²) in [5, 5.41) is 6.25. The maximum Gasteiger partial charge on any atom is 0.417 e. The summed E-state index contributed by atoms with van der Waals surface area (Å²) in [6, 6.07) is 11.1. The molecule has 2 heterocycles. The molecule has 0 unspecified atom stereocenters. The number of piperidine rings is 1. The second-order valence-corrected chi connectivity index (χ2v) is 8.47. The molecule has 0 bridgehead atoms. The number of alkyl halides is 3. The Bertz CT molecular complexity index is 1140. The van der Waals surface area contributed by atoms with Crippen LogP contribution >= 0.6 is 11.6 Å². The first kappa shape index (κ1) is 23.3. The van der Waals surface area contributed by atoms with Crippen LogP contribution in [0.15, 0.2) is 47.0 Å². The van der Waals surface area contributed by atoms with Crippen LogP contribution in [0.5, 0.6) is 0 Å². The fourth-order valence-electron chi connectivity index (χ4n) is 3.86. The van der Waals surface area contributed by atoms with Gasteiger partial charge in [0.15, 0.2) is 0 Å². The Hall–Kier alpha value is -2.91. The van der Waals surface area contributed by atoms with Crippen molar-refractivity contribution >= 4 is 23.2 Å². The lowest BCUT2D eigenvalue weighted by molar-refractivity contribution is -0.137. The highest BCUT2D eigenvalue weighted by molar-refractivity contribution is 6.31. The zero-order valence-corrected chi connectivity index (χ0v) is 18.6. The molecule has 6 nitrogen and oxygen atoms in total. The van der Waals surface area contributed by atoms with Gasteiger partial charge in [-0.1, -0.05) is 41.0 Å². The molecule has 0 atom stereocenters. The highest BCUT2D eigenvalue weighted by Crippen LogP contribution is 2.36. The number of carbonyl (C=O) groups excluding carboxylic acids is 1. The molecule has 33 heavy (non-hydrogen) atoms. The number of aryl methyl sites for hydroxylation is 1. The van der Waals surface area contributed by atoms with Gasteiger partial charge in [-0.15, -0.1) is 0 Å². The van der Waals surface area contributed by atoms with E-state index in [1.807, 2.05) is 31.2 Å². The van der Waals surface area contributed by atoms with E-state index in [4.69, 9.17) is 16.1 Å². The van der Waals surface area contributed by atoms with Crippen LogP contribution in [-0.4, -0.2) is 34.0 Å². The Kier molecular flexibility index (Phi) is 6.71. The third kappa shape index (κ3) is 5.54. The van der Waals surface area contributed by atoms with Gasteiger partial charge >= 0.3 is 6.18 Å². The molecule has 1 aromatic heterocycles. The van der Waals surface area contributed by atoms with Crippen LogP contribution in [0.25, 0.3) is 11.4 Å². The van der Waals surface area contributed by atoms with Crippen molar-refractivity contribution in [2.24, 2.45) is 5.92 Å². The Morgan fingerprint density at radius 2 is 1.94 bits per heavy atom. The van der Waals surface area contributed by atoms with Gasteiger partial charge in [0.2, 0.25) is 17.6 Å². The fourth-order valence-corrected chi connectivity index (χ4v) is 4.09. The summed E-state index contributed by atoms with van der Waals surface area (Å²) in [4.78, 5) is 19.2. The number of aromatic nitrogens is 2. The average Bonchev–Trinajstić information content (AvgIpc) is 3.23. The summed E-state index contributed by atoms with van der Waals surface area (Å²) >= 11 is 5.64. The molecule has 3 aromatic rings. The third-order valence-electron chi connectivity index (χ3n) is 5.71. The van der Waals surface area contributed by atoms with Crippen molar-refractivity contribution in [3.8, 4) is 11.4 Å². The lowest BCUT2D eigenvalue weighted by atomic mass is 9.95. The first-order valence-electron chi connectivity index (χ1n) is 10.5. The van der Waals surface area contributed by atoms with Crippen molar-refractivity contribution in [2.75, 3.05) is 18.4 Å². The summed E-state index contributed by atoms with van der Waals surface area (Å²) in [5.41, 5.74) is 1.08. The van der Waals surface area contributed by atoms with Crippen LogP contribution in [0.3, 0.4) is 0 Å². The van der Waals surface area contributed by atoms with Crippen LogP contribution in [-0.2, 0) is 17.5 Å². The van der Waals surface area contributed by atoms with Gasteiger partial charge in [-0.3, -0.25) is 9.69 Å². The molecule has 1 fully saturated rings. The lowest BCUT2D eigenvalue weighted by Gasteiger charge is -2.30. The number of hydrogen-bond acceptors (Lipinski definition) is 5. The lowest BCUT2D eigenvalue weighted by Crippen LogP contribution is -2.37. The highest BCUT2D eigenvalue weighted by atomic mass is 35.5. The number of halogens is 4. The first-order valence-corrected chi connectivity index (χ1v) is 10.9. The molecule has 174 valence electrons. The number of hydrogen-bond donors (Lipinski definition) is 1. The number of benzene rings is 2. The summed E-state index contributed by atoms with van der Waals surface area (Å²) in [7, 11) is 0. The maximum absolute atomic E-state index is 13.0. The van der Waals surface area contributed by atoms with Crippen LogP contribution in [0.1, 0.15) is 29.9 Å². The Morgan fingerprint density at radius 1 is 1.21 bits per heavy atom. The van der Waals surface area contributed by atoms with Gasteiger partial charge in [0.1, 0.15) is 0 Å². The summed E-state index contributed by atoms with van der Waals surface area (Å²) in [6.45, 7) is 3.72. The monoisotopic (exact) mass is 478 g/mol. The first-order chi connectivity index (χ1) is 15.7. The molecule has 1 N–H and O–H groups in total. The standard InChI is InChI=1S/C23H22ClF3N4O2/c1-14-4-2-3-5-17(14)21-29-20(33-30-21)13-31-10-8-15(9-11-31)22(32)28-16-6-7-19(24)18(12-16)23(25,26)27/h2-7,12,15H,8-11,13H2,1H3,(H,28,32). The number of rotatable bonds is 5. The third-order valence-corrected chi connectivity index (χ3v) is 6.04. The molecule has 1 saturated heterocycles. The Balaban J connectivity index is 1.31. The topological polar surface area (TPSA) is 71.3 Å². The van der Waals surface area contributed by atoms with E-state index in [1.54, 1.807) is 0 Å². The molecular formula is C23H22ClF3N4O2. The predicted octanol–water partition coefficient (Wildman–Crippen LogP) is 5.57. The Labute approximate surface area is 193 Å². The van der Waals surface area contributed by atoms with Crippen LogP contribution in [0.4, 0.5) is 18.9 Å². The van der Waals surface area contributed by atoms with Gasteiger partial charge in [0.25, 0.3) is 0 Å². The van der Waals surface area contributed by atoms with E-state index in [2.05, 4.69) is 20.4 Å². The summed E-state index contributed by atoms with van der Waals surface area (Å²) < 4.78 is 44.5. The zero-order chi connectivity index (χ0) is 23.6. The number of anilines is 1. The van der Waals surface area contributed by atoms with Gasteiger partial charge in [0.05, 0.1) is 17.1 Å². The largest absolute Gasteiger partial charge is 0.417 e. The van der Waals surface area contributed by atoms with Crippen molar-refractivity contribution in [1.82, 2.24) is 15.0 Å². The van der Waals surface area contributed by atoms with Gasteiger partial charge in [0, 0.05) is 17.2 Å². The quantitative estimate of drug-likeness (QED) is 0.519. The van der Waals surface area contributed by atoms with Gasteiger partial charge < -0.3 is 9.84 Å². The summed E-state index contributed by atoms with van der Waals surface area (Å²) in [6.07, 6.45) is -3.44. The Morgan fingerprint density at radius 3 is 2.64 bits per heavy atom. The molecule has 0 saturated carbocycles. The van der Waals surface area contributed by atoms with Crippen molar-refractivity contribution in [3.63, 3.8) is 0 Å². The van der Waals surface area contributed by atoms with E-state index in [-0.39, 0.29) is 17.5 Å². The van der Waals surface area contributed by atoms with Gasteiger partial charge in [-0.2, -0.15) is 18.2 Å². The summed E-state index contributed by atoms with van der Waals surface area (Å²) in [5.74, 6) is 0.441. The van der Waals surface area contributed by atoms with E-state index in [9.17, 15) is 18.0 Å². The zero-order valence-electron chi connectivity index (χ0n) is 17.8. The molecule has 2 aromatic carbocycles. The number of carbonyl (C=O) groups is 1. The van der Waals surface area contributed by atoms with Crippen LogP contribution in [0, 0.1) is 12.8 Å². The molecule has 1 amide bonds. The predicted molar refractivity (Wildman–Crippen MR) is 118 cm³/mol. The molecular weight excluding hydrogens is 457 g/mol. The molecule has 0 spiro atoms. The highest BCUT2D eigenvalue weighted by Gasteiger charge is 2.34. The second kappa shape index (κ2) is 9.52. The van der Waals surface area contributed by atoms with Crippen molar-refractivity contribution < 1.29 is 22.5 Å². The van der Waals surface area contributed by atoms with Gasteiger partial charge in [-0.05, 0) is 56.6 Å². The molecule has 0 aliphatic carbocycles. The molecule has 4 rings (SSSR count).